The van der Waals surface area contributed by atoms with Crippen molar-refractivity contribution in [3.05, 3.63) is 0 Å². The molecule has 0 unspecified atom stereocenters. The molecule has 5 heteroatoms. The average Bonchev–Trinajstić information content (AvgIpc) is 2.15. The molecule has 0 fully saturated rings. The van der Waals surface area contributed by atoms with Crippen LogP contribution in [0, 0.1) is 5.41 Å². The number of esters is 1. The van der Waals surface area contributed by atoms with Crippen LogP contribution in [0.1, 0.15) is 34.1 Å². The first kappa shape index (κ1) is 14.6. The molecule has 0 heterocycles. The van der Waals surface area contributed by atoms with Crippen LogP contribution in [-0.4, -0.2) is 31.2 Å². The van der Waals surface area contributed by atoms with Crippen molar-refractivity contribution in [3.63, 3.8) is 0 Å². The number of oxime groups is 1. The summed E-state index contributed by atoms with van der Waals surface area (Å²) in [4.78, 5) is 27.6. The number of rotatable bonds is 5. The lowest BCUT2D eigenvalue weighted by Gasteiger charge is -2.16. The third-order valence-electron chi connectivity index (χ3n) is 1.88. The molecule has 0 aliphatic rings. The van der Waals surface area contributed by atoms with Crippen LogP contribution in [-0.2, 0) is 19.2 Å². The maximum atomic E-state index is 11.7. The van der Waals surface area contributed by atoms with Gasteiger partial charge in [0.1, 0.15) is 12.9 Å². The van der Waals surface area contributed by atoms with Gasteiger partial charge in [0, 0.05) is 5.41 Å². The largest absolute Gasteiger partial charge is 0.461 e. The predicted molar refractivity (Wildman–Crippen MR) is 60.2 cm³/mol. The summed E-state index contributed by atoms with van der Waals surface area (Å²) in [5.74, 6) is -0.696. The Balaban J connectivity index is 4.66. The summed E-state index contributed by atoms with van der Waals surface area (Å²) in [6.45, 7) is 7.28. The number of hydrogen-bond donors (Lipinski definition) is 0. The second kappa shape index (κ2) is 6.25. The van der Waals surface area contributed by atoms with E-state index in [1.165, 1.54) is 7.11 Å². The number of carbonyl (C=O) groups is 2. The molecule has 0 saturated heterocycles. The number of ether oxygens (including phenoxy) is 1. The molecule has 0 aromatic rings. The molecule has 0 aliphatic heterocycles. The van der Waals surface area contributed by atoms with Gasteiger partial charge in [0.25, 0.3) is 0 Å². The van der Waals surface area contributed by atoms with Crippen LogP contribution >= 0.6 is 0 Å². The standard InChI is InChI=1S/C11H19NO4/c1-6-16-10(14)8(12-15-5)7-9(13)11(2,3)4/h6-7H2,1-5H3. The molecule has 0 atom stereocenters. The molecule has 0 spiro atoms. The first-order valence-electron chi connectivity index (χ1n) is 5.13. The van der Waals surface area contributed by atoms with Crippen LogP contribution in [0.4, 0.5) is 0 Å². The van der Waals surface area contributed by atoms with Gasteiger partial charge in [-0.05, 0) is 6.92 Å². The smallest absolute Gasteiger partial charge is 0.356 e. The highest BCUT2D eigenvalue weighted by Crippen LogP contribution is 2.17. The molecule has 5 nitrogen and oxygen atoms in total. The van der Waals surface area contributed by atoms with E-state index in [2.05, 4.69) is 9.99 Å². The Bertz CT molecular complexity index is 289. The van der Waals surface area contributed by atoms with Crippen LogP contribution in [0.5, 0.6) is 0 Å². The fraction of sp³-hybridized carbons (Fsp3) is 0.727. The molecule has 92 valence electrons. The summed E-state index contributed by atoms with van der Waals surface area (Å²) >= 11 is 0. The van der Waals surface area contributed by atoms with Crippen molar-refractivity contribution in [1.82, 2.24) is 0 Å². The molecule has 0 rings (SSSR count). The summed E-state index contributed by atoms with van der Waals surface area (Å²) in [7, 11) is 1.32. The van der Waals surface area contributed by atoms with Crippen molar-refractivity contribution in [1.29, 1.82) is 0 Å². The Hall–Kier alpha value is -1.39. The van der Waals surface area contributed by atoms with Gasteiger partial charge < -0.3 is 9.57 Å². The van der Waals surface area contributed by atoms with Crippen molar-refractivity contribution < 1.29 is 19.2 Å². The van der Waals surface area contributed by atoms with Crippen LogP contribution in [0.3, 0.4) is 0 Å². The Morgan fingerprint density at radius 2 is 1.81 bits per heavy atom. The maximum Gasteiger partial charge on any atom is 0.356 e. The van der Waals surface area contributed by atoms with Gasteiger partial charge in [-0.2, -0.15) is 0 Å². The lowest BCUT2D eigenvalue weighted by atomic mass is 9.88. The van der Waals surface area contributed by atoms with E-state index in [1.807, 2.05) is 0 Å². The molecule has 0 saturated carbocycles. The van der Waals surface area contributed by atoms with Crippen molar-refractivity contribution in [2.75, 3.05) is 13.7 Å². The normalized spacial score (nSPS) is 12.2. The van der Waals surface area contributed by atoms with Crippen molar-refractivity contribution >= 4 is 17.5 Å². The summed E-state index contributed by atoms with van der Waals surface area (Å²) in [6, 6.07) is 0. The second-order valence-electron chi connectivity index (χ2n) is 4.29. The molecule has 0 N–H and O–H groups in total. The Morgan fingerprint density at radius 1 is 1.25 bits per heavy atom. The van der Waals surface area contributed by atoms with E-state index in [4.69, 9.17) is 4.74 Å². The molecule has 0 amide bonds. The summed E-state index contributed by atoms with van der Waals surface area (Å²) in [5.41, 5.74) is -0.509. The van der Waals surface area contributed by atoms with Crippen LogP contribution in [0.2, 0.25) is 0 Å². The van der Waals surface area contributed by atoms with E-state index < -0.39 is 11.4 Å². The number of ketones is 1. The molecule has 0 radical (unpaired) electrons. The minimum absolute atomic E-state index is 0.00396. The highest BCUT2D eigenvalue weighted by atomic mass is 16.6. The van der Waals surface area contributed by atoms with Crippen LogP contribution < -0.4 is 0 Å². The minimum atomic E-state index is -0.609. The summed E-state index contributed by atoms with van der Waals surface area (Å²) in [6.07, 6.45) is -0.0732. The Kier molecular flexibility index (Phi) is 5.71. The summed E-state index contributed by atoms with van der Waals surface area (Å²) in [5, 5.41) is 3.52. The Morgan fingerprint density at radius 3 is 2.19 bits per heavy atom. The van der Waals surface area contributed by atoms with Gasteiger partial charge >= 0.3 is 5.97 Å². The topological polar surface area (TPSA) is 65.0 Å². The molecule has 0 aromatic carbocycles. The fourth-order valence-corrected chi connectivity index (χ4v) is 0.884. The van der Waals surface area contributed by atoms with Gasteiger partial charge in [-0.1, -0.05) is 25.9 Å². The number of Topliss-reactive ketones (excluding diaryl/α,β-unsaturated/α-hetero) is 1. The third kappa shape index (κ3) is 4.91. The molecular formula is C11H19NO4. The van der Waals surface area contributed by atoms with Crippen molar-refractivity contribution in [3.8, 4) is 0 Å². The van der Waals surface area contributed by atoms with E-state index in [0.29, 0.717) is 0 Å². The molecule has 0 bridgehead atoms. The maximum absolute atomic E-state index is 11.7. The number of hydrogen-bond acceptors (Lipinski definition) is 5. The zero-order valence-electron chi connectivity index (χ0n) is 10.5. The highest BCUT2D eigenvalue weighted by Gasteiger charge is 2.26. The average molecular weight is 229 g/mol. The zero-order valence-corrected chi connectivity index (χ0v) is 10.5. The van der Waals surface area contributed by atoms with Gasteiger partial charge in [-0.25, -0.2) is 4.79 Å². The lowest BCUT2D eigenvalue weighted by Crippen LogP contribution is -2.28. The van der Waals surface area contributed by atoms with Gasteiger partial charge in [0.15, 0.2) is 5.71 Å². The second-order valence-corrected chi connectivity index (χ2v) is 4.29. The number of nitrogens with zero attached hydrogens (tertiary/aromatic N) is 1. The SMILES string of the molecule is CCOC(=O)C(CC(=O)C(C)(C)C)=NOC. The molecule has 16 heavy (non-hydrogen) atoms. The van der Waals surface area contributed by atoms with E-state index >= 15 is 0 Å². The minimum Gasteiger partial charge on any atom is -0.461 e. The monoisotopic (exact) mass is 229 g/mol. The summed E-state index contributed by atoms with van der Waals surface area (Å²) < 4.78 is 4.77. The molecule has 0 aliphatic carbocycles. The fourth-order valence-electron chi connectivity index (χ4n) is 0.884. The van der Waals surface area contributed by atoms with E-state index in [9.17, 15) is 9.59 Å². The quantitative estimate of drug-likeness (QED) is 0.407. The lowest BCUT2D eigenvalue weighted by molar-refractivity contribution is -0.136. The van der Waals surface area contributed by atoms with Crippen molar-refractivity contribution in [2.24, 2.45) is 10.6 Å². The van der Waals surface area contributed by atoms with Gasteiger partial charge in [-0.3, -0.25) is 4.79 Å². The van der Waals surface area contributed by atoms with Gasteiger partial charge in [-0.15, -0.1) is 0 Å². The highest BCUT2D eigenvalue weighted by molar-refractivity contribution is 6.39. The third-order valence-corrected chi connectivity index (χ3v) is 1.88. The zero-order chi connectivity index (χ0) is 12.8. The van der Waals surface area contributed by atoms with Crippen LogP contribution in [0.25, 0.3) is 0 Å². The Labute approximate surface area is 95.8 Å². The van der Waals surface area contributed by atoms with Gasteiger partial charge in [0.2, 0.25) is 0 Å². The molecular weight excluding hydrogens is 210 g/mol. The van der Waals surface area contributed by atoms with E-state index in [1.54, 1.807) is 27.7 Å². The first-order chi connectivity index (χ1) is 7.32. The molecule has 0 aromatic heterocycles. The van der Waals surface area contributed by atoms with Crippen molar-refractivity contribution in [2.45, 2.75) is 34.1 Å². The number of carbonyl (C=O) groups excluding carboxylic acids is 2. The van der Waals surface area contributed by atoms with E-state index in [0.717, 1.165) is 0 Å². The van der Waals surface area contributed by atoms with Crippen LogP contribution in [0.15, 0.2) is 5.16 Å². The van der Waals surface area contributed by atoms with E-state index in [-0.39, 0.29) is 24.5 Å². The first-order valence-corrected chi connectivity index (χ1v) is 5.13. The predicted octanol–water partition coefficient (Wildman–Crippen LogP) is 1.56. The van der Waals surface area contributed by atoms with Gasteiger partial charge in [0.05, 0.1) is 13.0 Å².